The van der Waals surface area contributed by atoms with Gasteiger partial charge >= 0.3 is 0 Å². The third kappa shape index (κ3) is 3.55. The number of benzene rings is 1. The number of hydrogen-bond donors (Lipinski definition) is 1. The monoisotopic (exact) mass is 357 g/mol. The fraction of sp³-hybridized carbons (Fsp3) is 0.143. The molecule has 0 aliphatic heterocycles. The minimum Gasteiger partial charge on any atom is -0.347 e. The molecule has 4 rings (SSSR count). The third-order valence-corrected chi connectivity index (χ3v) is 4.30. The van der Waals surface area contributed by atoms with Crippen LogP contribution in [0.2, 0.25) is 0 Å². The number of hydrogen-bond acceptors (Lipinski definition) is 4. The molecule has 0 aliphatic carbocycles. The van der Waals surface area contributed by atoms with E-state index in [2.05, 4.69) is 26.4 Å². The lowest BCUT2D eigenvalue weighted by Gasteiger charge is -2.07. The molecule has 0 fully saturated rings. The van der Waals surface area contributed by atoms with Crippen molar-refractivity contribution in [3.63, 3.8) is 0 Å². The Bertz CT molecular complexity index is 1120. The Balaban J connectivity index is 1.59. The molecule has 3 aromatic heterocycles. The molecule has 0 bridgehead atoms. The van der Waals surface area contributed by atoms with Crippen LogP contribution in [0.15, 0.2) is 60.8 Å². The molecule has 0 radical (unpaired) electrons. The number of pyridine rings is 1. The van der Waals surface area contributed by atoms with Crippen molar-refractivity contribution < 1.29 is 4.79 Å². The van der Waals surface area contributed by atoms with Crippen LogP contribution in [0.3, 0.4) is 0 Å². The maximum absolute atomic E-state index is 12.6. The van der Waals surface area contributed by atoms with E-state index in [1.54, 1.807) is 16.8 Å². The van der Waals surface area contributed by atoms with Gasteiger partial charge in [-0.1, -0.05) is 35.9 Å². The summed E-state index contributed by atoms with van der Waals surface area (Å²) in [6.07, 6.45) is 1.73. The summed E-state index contributed by atoms with van der Waals surface area (Å²) in [5.74, 6) is -0.206. The summed E-state index contributed by atoms with van der Waals surface area (Å²) in [5, 5.41) is 7.48. The largest absolute Gasteiger partial charge is 0.347 e. The molecule has 0 aliphatic rings. The molecule has 1 aromatic carbocycles. The highest BCUT2D eigenvalue weighted by Crippen LogP contribution is 2.18. The molecule has 3 heterocycles. The molecule has 0 saturated heterocycles. The smallest absolute Gasteiger partial charge is 0.270 e. The third-order valence-electron chi connectivity index (χ3n) is 4.30. The van der Waals surface area contributed by atoms with Crippen LogP contribution in [0.25, 0.3) is 17.0 Å². The number of carbonyl (C=O) groups is 1. The van der Waals surface area contributed by atoms with Gasteiger partial charge < -0.3 is 5.32 Å². The molecule has 0 unspecified atom stereocenters. The van der Waals surface area contributed by atoms with Crippen molar-refractivity contribution in [2.45, 2.75) is 20.4 Å². The predicted octanol–water partition coefficient (Wildman–Crippen LogP) is 3.34. The number of nitrogens with zero attached hydrogens (tertiary/aromatic N) is 4. The van der Waals surface area contributed by atoms with Crippen LogP contribution in [0.4, 0.5) is 0 Å². The van der Waals surface area contributed by atoms with E-state index >= 15 is 0 Å². The van der Waals surface area contributed by atoms with Gasteiger partial charge in [-0.15, -0.1) is 0 Å². The first kappa shape index (κ1) is 16.9. The normalized spacial score (nSPS) is 10.9. The summed E-state index contributed by atoms with van der Waals surface area (Å²) < 4.78 is 1.72. The summed E-state index contributed by atoms with van der Waals surface area (Å²) >= 11 is 0. The second-order valence-electron chi connectivity index (χ2n) is 6.47. The van der Waals surface area contributed by atoms with Gasteiger partial charge in [-0.25, -0.2) is 9.50 Å². The van der Waals surface area contributed by atoms with Gasteiger partial charge in [-0.05, 0) is 37.6 Å². The van der Waals surface area contributed by atoms with Crippen LogP contribution in [-0.4, -0.2) is 25.5 Å². The van der Waals surface area contributed by atoms with E-state index in [9.17, 15) is 4.79 Å². The van der Waals surface area contributed by atoms with Crippen LogP contribution in [0.1, 0.15) is 27.3 Å². The molecule has 0 atom stereocenters. The Morgan fingerprint density at radius 2 is 1.93 bits per heavy atom. The van der Waals surface area contributed by atoms with Gasteiger partial charge in [0.1, 0.15) is 11.4 Å². The quantitative estimate of drug-likeness (QED) is 0.608. The van der Waals surface area contributed by atoms with Crippen molar-refractivity contribution in [3.05, 3.63) is 83.3 Å². The van der Waals surface area contributed by atoms with Gasteiger partial charge in [0.2, 0.25) is 0 Å². The van der Waals surface area contributed by atoms with Gasteiger partial charge in [-0.2, -0.15) is 5.10 Å². The van der Waals surface area contributed by atoms with Crippen molar-refractivity contribution in [3.8, 4) is 11.4 Å². The molecule has 1 N–H and O–H groups in total. The molecule has 0 spiro atoms. The zero-order valence-corrected chi connectivity index (χ0v) is 15.2. The van der Waals surface area contributed by atoms with Gasteiger partial charge in [0.05, 0.1) is 5.69 Å². The molecule has 4 aromatic rings. The predicted molar refractivity (Wildman–Crippen MR) is 103 cm³/mol. The fourth-order valence-electron chi connectivity index (χ4n) is 2.98. The SMILES string of the molecule is Cc1cccc(CNC(=O)c2cc(C)n3nc(-c4ccccn4)cc3n2)c1. The van der Waals surface area contributed by atoms with Crippen molar-refractivity contribution in [2.75, 3.05) is 0 Å². The number of carbonyl (C=O) groups excluding carboxylic acids is 1. The molecule has 0 saturated carbocycles. The molecule has 27 heavy (non-hydrogen) atoms. The summed E-state index contributed by atoms with van der Waals surface area (Å²) in [5.41, 5.74) is 5.55. The summed E-state index contributed by atoms with van der Waals surface area (Å²) in [4.78, 5) is 21.4. The van der Waals surface area contributed by atoms with Crippen molar-refractivity contribution in [1.82, 2.24) is 24.9 Å². The number of fused-ring (bicyclic) bond motifs is 1. The zero-order valence-electron chi connectivity index (χ0n) is 15.2. The van der Waals surface area contributed by atoms with Crippen molar-refractivity contribution in [1.29, 1.82) is 0 Å². The zero-order chi connectivity index (χ0) is 18.8. The summed E-state index contributed by atoms with van der Waals surface area (Å²) in [6.45, 7) is 4.40. The lowest BCUT2D eigenvalue weighted by atomic mass is 10.1. The van der Waals surface area contributed by atoms with Crippen LogP contribution in [0, 0.1) is 13.8 Å². The maximum Gasteiger partial charge on any atom is 0.270 e. The van der Waals surface area contributed by atoms with Crippen LogP contribution >= 0.6 is 0 Å². The lowest BCUT2D eigenvalue weighted by molar-refractivity contribution is 0.0946. The van der Waals surface area contributed by atoms with Crippen LogP contribution in [-0.2, 0) is 6.54 Å². The highest BCUT2D eigenvalue weighted by atomic mass is 16.1. The molecule has 6 nitrogen and oxygen atoms in total. The van der Waals surface area contributed by atoms with E-state index in [1.165, 1.54) is 5.56 Å². The second-order valence-corrected chi connectivity index (χ2v) is 6.47. The number of amides is 1. The number of aryl methyl sites for hydroxylation is 2. The first-order valence-corrected chi connectivity index (χ1v) is 8.73. The average Bonchev–Trinajstić information content (AvgIpc) is 3.12. The molecule has 6 heteroatoms. The highest BCUT2D eigenvalue weighted by Gasteiger charge is 2.13. The van der Waals surface area contributed by atoms with E-state index in [1.807, 2.05) is 56.3 Å². The van der Waals surface area contributed by atoms with Crippen LogP contribution < -0.4 is 5.32 Å². The Labute approximate surface area is 156 Å². The Morgan fingerprint density at radius 3 is 2.70 bits per heavy atom. The fourth-order valence-corrected chi connectivity index (χ4v) is 2.98. The number of nitrogens with one attached hydrogen (secondary N) is 1. The van der Waals surface area contributed by atoms with E-state index < -0.39 is 0 Å². The minimum absolute atomic E-state index is 0.206. The maximum atomic E-state index is 12.6. The summed E-state index contributed by atoms with van der Waals surface area (Å²) in [6, 6.07) is 17.3. The first-order chi connectivity index (χ1) is 13.1. The van der Waals surface area contributed by atoms with Crippen molar-refractivity contribution >= 4 is 11.6 Å². The lowest BCUT2D eigenvalue weighted by Crippen LogP contribution is -2.24. The standard InChI is InChI=1S/C21H19N5O/c1-14-6-5-7-16(10-14)13-23-21(27)19-11-15(2)26-20(24-19)12-18(25-26)17-8-3-4-9-22-17/h3-12H,13H2,1-2H3,(H,23,27). The highest BCUT2D eigenvalue weighted by molar-refractivity contribution is 5.92. The number of rotatable bonds is 4. The average molecular weight is 357 g/mol. The summed E-state index contributed by atoms with van der Waals surface area (Å²) in [7, 11) is 0. The molecular weight excluding hydrogens is 338 g/mol. The van der Waals surface area contributed by atoms with Gasteiger partial charge in [0.15, 0.2) is 5.65 Å². The molecule has 1 amide bonds. The Kier molecular flexibility index (Phi) is 4.38. The van der Waals surface area contributed by atoms with E-state index in [0.717, 1.165) is 22.6 Å². The molecular formula is C21H19N5O. The van der Waals surface area contributed by atoms with E-state index in [4.69, 9.17) is 0 Å². The first-order valence-electron chi connectivity index (χ1n) is 8.73. The Morgan fingerprint density at radius 1 is 1.04 bits per heavy atom. The van der Waals surface area contributed by atoms with E-state index in [0.29, 0.717) is 17.9 Å². The number of aromatic nitrogens is 4. The minimum atomic E-state index is -0.206. The van der Waals surface area contributed by atoms with Crippen LogP contribution in [0.5, 0.6) is 0 Å². The Hall–Kier alpha value is -3.54. The van der Waals surface area contributed by atoms with E-state index in [-0.39, 0.29) is 5.91 Å². The van der Waals surface area contributed by atoms with Gasteiger partial charge in [-0.3, -0.25) is 9.78 Å². The second kappa shape index (κ2) is 6.99. The topological polar surface area (TPSA) is 72.2 Å². The van der Waals surface area contributed by atoms with Gasteiger partial charge in [0.25, 0.3) is 5.91 Å². The molecule has 134 valence electrons. The van der Waals surface area contributed by atoms with Crippen molar-refractivity contribution in [2.24, 2.45) is 0 Å². The van der Waals surface area contributed by atoms with Gasteiger partial charge in [0, 0.05) is 24.5 Å².